The van der Waals surface area contributed by atoms with E-state index in [9.17, 15) is 26.4 Å². The van der Waals surface area contributed by atoms with Crippen LogP contribution in [0.3, 0.4) is 0 Å². The summed E-state index contributed by atoms with van der Waals surface area (Å²) in [7, 11) is -4.39. The molecule has 0 radical (unpaired) electrons. The molecule has 1 aliphatic heterocycles. The fourth-order valence-electron chi connectivity index (χ4n) is 4.23. The summed E-state index contributed by atoms with van der Waals surface area (Å²) < 4.78 is 73.8. The number of ether oxygens (including phenoxy) is 1. The third kappa shape index (κ3) is 5.06. The first-order valence-corrected chi connectivity index (χ1v) is 12.4. The number of carboxylic acids is 1. The number of nitrogens with zero attached hydrogens (tertiary/aromatic N) is 1. The normalized spacial score (nSPS) is 18.6. The van der Waals surface area contributed by atoms with E-state index in [1.165, 1.54) is 0 Å². The minimum absolute atomic E-state index is 0.0519. The second-order valence-electron chi connectivity index (χ2n) is 8.39. The summed E-state index contributed by atoms with van der Waals surface area (Å²) in [6, 6.07) is 8.76. The van der Waals surface area contributed by atoms with Crippen molar-refractivity contribution in [3.8, 4) is 5.75 Å². The summed E-state index contributed by atoms with van der Waals surface area (Å²) in [5.41, 5.74) is 1.08. The third-order valence-corrected chi connectivity index (χ3v) is 7.76. The van der Waals surface area contributed by atoms with Crippen LogP contribution in [0.5, 0.6) is 5.75 Å². The van der Waals surface area contributed by atoms with Crippen LogP contribution in [0.25, 0.3) is 5.57 Å². The Labute approximate surface area is 195 Å². The Morgan fingerprint density at radius 2 is 1.94 bits per heavy atom. The summed E-state index contributed by atoms with van der Waals surface area (Å²) in [6.45, 7) is -0.207. The van der Waals surface area contributed by atoms with Crippen LogP contribution in [-0.2, 0) is 21.0 Å². The molecule has 0 saturated heterocycles. The van der Waals surface area contributed by atoms with Crippen LogP contribution >= 0.6 is 0 Å². The zero-order valence-electron chi connectivity index (χ0n) is 18.2. The van der Waals surface area contributed by atoms with Gasteiger partial charge >= 0.3 is 12.1 Å². The zero-order chi connectivity index (χ0) is 24.5. The fraction of sp³-hybridized carbons (Fsp3) is 0.375. The molecule has 34 heavy (non-hydrogen) atoms. The molecule has 0 fully saturated rings. The molecule has 1 heterocycles. The summed E-state index contributed by atoms with van der Waals surface area (Å²) in [5.74, 6) is -0.807. The maximum absolute atomic E-state index is 13.6. The number of carbonyl (C=O) groups is 1. The summed E-state index contributed by atoms with van der Waals surface area (Å²) >= 11 is 0. The number of hydrogen-bond donors (Lipinski definition) is 1. The van der Waals surface area contributed by atoms with Gasteiger partial charge in [0.25, 0.3) is 10.0 Å². The van der Waals surface area contributed by atoms with Gasteiger partial charge in [-0.2, -0.15) is 13.2 Å². The maximum Gasteiger partial charge on any atom is 0.416 e. The highest BCUT2D eigenvalue weighted by Crippen LogP contribution is 2.41. The lowest BCUT2D eigenvalue weighted by Gasteiger charge is -2.36. The number of aliphatic carboxylic acids is 1. The quantitative estimate of drug-likeness (QED) is 0.574. The summed E-state index contributed by atoms with van der Waals surface area (Å²) in [4.78, 5) is 10.5. The second-order valence-corrected chi connectivity index (χ2v) is 10.3. The molecule has 0 amide bonds. The van der Waals surface area contributed by atoms with Crippen molar-refractivity contribution < 1.29 is 36.2 Å². The molecule has 1 atom stereocenters. The predicted octanol–water partition coefficient (Wildman–Crippen LogP) is 5.48. The van der Waals surface area contributed by atoms with E-state index in [0.717, 1.165) is 59.3 Å². The van der Waals surface area contributed by atoms with Gasteiger partial charge < -0.3 is 9.84 Å². The lowest BCUT2D eigenvalue weighted by Crippen LogP contribution is -2.43. The molecule has 2 aromatic rings. The van der Waals surface area contributed by atoms with Gasteiger partial charge in [-0.1, -0.05) is 18.2 Å². The highest BCUT2D eigenvalue weighted by Gasteiger charge is 2.37. The first-order valence-electron chi connectivity index (χ1n) is 11.0. The second kappa shape index (κ2) is 9.32. The maximum atomic E-state index is 13.6. The molecule has 4 rings (SSSR count). The van der Waals surface area contributed by atoms with Crippen LogP contribution in [-0.4, -0.2) is 32.1 Å². The highest BCUT2D eigenvalue weighted by molar-refractivity contribution is 7.92. The Hall–Kier alpha value is -3.01. The molecule has 182 valence electrons. The minimum atomic E-state index is -4.70. The molecular formula is C24H24F3NO5S. The van der Waals surface area contributed by atoms with Crippen LogP contribution in [0.1, 0.15) is 49.7 Å². The van der Waals surface area contributed by atoms with Crippen molar-refractivity contribution in [1.82, 2.24) is 0 Å². The Kier molecular flexibility index (Phi) is 6.62. The predicted molar refractivity (Wildman–Crippen MR) is 120 cm³/mol. The Bertz CT molecular complexity index is 1220. The van der Waals surface area contributed by atoms with Crippen molar-refractivity contribution in [3.63, 3.8) is 0 Å². The van der Waals surface area contributed by atoms with Crippen LogP contribution in [0, 0.1) is 0 Å². The summed E-state index contributed by atoms with van der Waals surface area (Å²) in [5, 5.41) is 9.03. The Morgan fingerprint density at radius 1 is 1.15 bits per heavy atom. The average molecular weight is 496 g/mol. The van der Waals surface area contributed by atoms with E-state index in [1.807, 2.05) is 6.07 Å². The SMILES string of the molecule is O=C(O)CC[C@H]1CN(S(=O)(=O)c2cccc(C(F)(F)F)c2)c2cc(C3=CCCCC3)ccc2O1. The van der Waals surface area contributed by atoms with Gasteiger partial charge in [0.15, 0.2) is 0 Å². The van der Waals surface area contributed by atoms with Gasteiger partial charge in [0.05, 0.1) is 22.7 Å². The van der Waals surface area contributed by atoms with Gasteiger partial charge in [-0.25, -0.2) is 8.42 Å². The van der Waals surface area contributed by atoms with E-state index < -0.39 is 38.7 Å². The number of anilines is 1. The molecule has 2 aliphatic rings. The van der Waals surface area contributed by atoms with Crippen LogP contribution in [0.4, 0.5) is 18.9 Å². The minimum Gasteiger partial charge on any atom is -0.486 e. The molecule has 0 aromatic heterocycles. The monoisotopic (exact) mass is 495 g/mol. The van der Waals surface area contributed by atoms with Gasteiger partial charge in [-0.15, -0.1) is 0 Å². The lowest BCUT2D eigenvalue weighted by molar-refractivity contribution is -0.138. The third-order valence-electron chi connectivity index (χ3n) is 5.98. The van der Waals surface area contributed by atoms with Crippen molar-refractivity contribution in [2.45, 2.75) is 55.7 Å². The van der Waals surface area contributed by atoms with Crippen LogP contribution < -0.4 is 9.04 Å². The molecule has 6 nitrogen and oxygen atoms in total. The van der Waals surface area contributed by atoms with E-state index in [2.05, 4.69) is 6.08 Å². The first kappa shape index (κ1) is 24.1. The van der Waals surface area contributed by atoms with Crippen LogP contribution in [0.15, 0.2) is 53.4 Å². The molecule has 1 aliphatic carbocycles. The van der Waals surface area contributed by atoms with E-state index in [-0.39, 0.29) is 30.8 Å². The molecule has 10 heteroatoms. The number of benzene rings is 2. The van der Waals surface area contributed by atoms with Crippen molar-refractivity contribution >= 4 is 27.3 Å². The number of alkyl halides is 3. The van der Waals surface area contributed by atoms with E-state index in [1.54, 1.807) is 12.1 Å². The first-order chi connectivity index (χ1) is 16.1. The van der Waals surface area contributed by atoms with Gasteiger partial charge in [-0.3, -0.25) is 9.10 Å². The highest BCUT2D eigenvalue weighted by atomic mass is 32.2. The number of sulfonamides is 1. The van der Waals surface area contributed by atoms with Crippen molar-refractivity contribution in [2.24, 2.45) is 0 Å². The zero-order valence-corrected chi connectivity index (χ0v) is 19.0. The number of halogens is 3. The number of rotatable bonds is 6. The smallest absolute Gasteiger partial charge is 0.416 e. The van der Waals surface area contributed by atoms with Gasteiger partial charge in [0.2, 0.25) is 0 Å². The topological polar surface area (TPSA) is 83.9 Å². The van der Waals surface area contributed by atoms with Crippen LogP contribution in [0.2, 0.25) is 0 Å². The molecule has 0 spiro atoms. The van der Waals surface area contributed by atoms with Gasteiger partial charge in [0, 0.05) is 6.42 Å². The lowest BCUT2D eigenvalue weighted by atomic mass is 9.93. The van der Waals surface area contributed by atoms with Gasteiger partial charge in [0.1, 0.15) is 11.9 Å². The largest absolute Gasteiger partial charge is 0.486 e. The van der Waals surface area contributed by atoms with E-state index >= 15 is 0 Å². The van der Waals surface area contributed by atoms with Crippen molar-refractivity contribution in [1.29, 1.82) is 0 Å². The fourth-order valence-corrected chi connectivity index (χ4v) is 5.78. The van der Waals surface area contributed by atoms with Crippen molar-refractivity contribution in [2.75, 3.05) is 10.8 Å². The number of fused-ring (bicyclic) bond motifs is 1. The number of carboxylic acid groups (broad SMARTS) is 1. The average Bonchev–Trinajstić information content (AvgIpc) is 2.82. The molecular weight excluding hydrogens is 471 g/mol. The van der Waals surface area contributed by atoms with Gasteiger partial charge in [-0.05, 0) is 73.6 Å². The number of hydrogen-bond acceptors (Lipinski definition) is 4. The molecule has 1 N–H and O–H groups in total. The summed E-state index contributed by atoms with van der Waals surface area (Å²) in [6.07, 6.45) is 0.340. The van der Waals surface area contributed by atoms with E-state index in [0.29, 0.717) is 6.07 Å². The molecule has 0 unspecified atom stereocenters. The van der Waals surface area contributed by atoms with Crippen molar-refractivity contribution in [3.05, 3.63) is 59.7 Å². The molecule has 2 aromatic carbocycles. The molecule has 0 bridgehead atoms. The Balaban J connectivity index is 1.78. The standard InChI is InChI=1S/C24H24F3NO5S/c25-24(26,27)18-7-4-8-20(14-18)34(31,32)28-15-19(10-12-23(29)30)33-22-11-9-17(13-21(22)28)16-5-2-1-3-6-16/h4-5,7-9,11,13-14,19H,1-3,6,10,12,15H2,(H,29,30)/t19-/m0/s1. The Morgan fingerprint density at radius 3 is 2.62 bits per heavy atom. The molecule has 0 saturated carbocycles. The van der Waals surface area contributed by atoms with E-state index in [4.69, 9.17) is 9.84 Å². The number of allylic oxidation sites excluding steroid dienone is 2.